The molecule has 1 aromatic rings. The molecule has 1 aromatic carbocycles. The standard InChI is InChI=1S/C13H16FNO2S/c1-17-13(6-7-18-9-13)8-15-12(16)10-4-2-3-5-11(10)14/h2-5H,6-9H2,1H3,(H,15,16)/t13-/m1/s1. The van der Waals surface area contributed by atoms with Crippen LogP contribution in [0, 0.1) is 5.82 Å². The van der Waals surface area contributed by atoms with Crippen LogP contribution in [0.2, 0.25) is 0 Å². The average Bonchev–Trinajstić information content (AvgIpc) is 2.86. The average molecular weight is 269 g/mol. The van der Waals surface area contributed by atoms with E-state index in [0.29, 0.717) is 6.54 Å². The highest BCUT2D eigenvalue weighted by molar-refractivity contribution is 7.99. The first-order valence-electron chi connectivity index (χ1n) is 5.82. The predicted molar refractivity (Wildman–Crippen MR) is 70.4 cm³/mol. The maximum absolute atomic E-state index is 13.4. The van der Waals surface area contributed by atoms with E-state index in [9.17, 15) is 9.18 Å². The third kappa shape index (κ3) is 2.84. The maximum atomic E-state index is 13.4. The number of thioether (sulfide) groups is 1. The minimum atomic E-state index is -0.498. The quantitative estimate of drug-likeness (QED) is 0.909. The molecular formula is C13H16FNO2S. The molecule has 1 amide bonds. The van der Waals surface area contributed by atoms with Gasteiger partial charge in [-0.15, -0.1) is 0 Å². The summed E-state index contributed by atoms with van der Waals surface area (Å²) >= 11 is 1.81. The molecule has 0 unspecified atom stereocenters. The van der Waals surface area contributed by atoms with Crippen LogP contribution in [-0.2, 0) is 4.74 Å². The van der Waals surface area contributed by atoms with Crippen molar-refractivity contribution in [2.45, 2.75) is 12.0 Å². The predicted octanol–water partition coefficient (Wildman–Crippen LogP) is 2.08. The van der Waals surface area contributed by atoms with Gasteiger partial charge in [0.25, 0.3) is 5.91 Å². The zero-order valence-electron chi connectivity index (χ0n) is 10.2. The number of hydrogen-bond acceptors (Lipinski definition) is 3. The second-order valence-electron chi connectivity index (χ2n) is 4.35. The maximum Gasteiger partial charge on any atom is 0.254 e. The van der Waals surface area contributed by atoms with Crippen LogP contribution in [0.5, 0.6) is 0 Å². The van der Waals surface area contributed by atoms with Gasteiger partial charge < -0.3 is 10.1 Å². The summed E-state index contributed by atoms with van der Waals surface area (Å²) in [5, 5.41) is 2.76. The Hall–Kier alpha value is -1.07. The van der Waals surface area contributed by atoms with E-state index in [4.69, 9.17) is 4.74 Å². The van der Waals surface area contributed by atoms with Crippen molar-refractivity contribution in [2.75, 3.05) is 25.2 Å². The van der Waals surface area contributed by atoms with E-state index in [1.54, 1.807) is 31.0 Å². The SMILES string of the molecule is CO[C@@]1(CNC(=O)c2ccccc2F)CCSC1. The van der Waals surface area contributed by atoms with Crippen LogP contribution in [0.25, 0.3) is 0 Å². The molecule has 0 aromatic heterocycles. The van der Waals surface area contributed by atoms with Crippen LogP contribution in [0.4, 0.5) is 4.39 Å². The lowest BCUT2D eigenvalue weighted by Crippen LogP contribution is -2.44. The lowest BCUT2D eigenvalue weighted by atomic mass is 10.0. The van der Waals surface area contributed by atoms with Gasteiger partial charge in [0.2, 0.25) is 0 Å². The minimum absolute atomic E-state index is 0.0782. The molecule has 98 valence electrons. The zero-order valence-corrected chi connectivity index (χ0v) is 11.1. The summed E-state index contributed by atoms with van der Waals surface area (Å²) in [5.41, 5.74) is -0.222. The molecular weight excluding hydrogens is 253 g/mol. The van der Waals surface area contributed by atoms with E-state index in [1.165, 1.54) is 12.1 Å². The molecule has 3 nitrogen and oxygen atoms in total. The molecule has 1 atom stereocenters. The molecule has 1 fully saturated rings. The van der Waals surface area contributed by atoms with Crippen LogP contribution in [0.3, 0.4) is 0 Å². The van der Waals surface area contributed by atoms with Crippen LogP contribution < -0.4 is 5.32 Å². The fourth-order valence-corrected chi connectivity index (χ4v) is 3.34. The molecule has 1 aliphatic rings. The Balaban J connectivity index is 1.98. The molecule has 1 aliphatic heterocycles. The van der Waals surface area contributed by atoms with Gasteiger partial charge in [-0.25, -0.2) is 4.39 Å². The van der Waals surface area contributed by atoms with Gasteiger partial charge in [-0.1, -0.05) is 12.1 Å². The van der Waals surface area contributed by atoms with E-state index >= 15 is 0 Å². The smallest absolute Gasteiger partial charge is 0.254 e. The van der Waals surface area contributed by atoms with Crippen molar-refractivity contribution in [1.82, 2.24) is 5.32 Å². The minimum Gasteiger partial charge on any atom is -0.376 e. The van der Waals surface area contributed by atoms with Crippen LogP contribution in [0.15, 0.2) is 24.3 Å². The summed E-state index contributed by atoms with van der Waals surface area (Å²) in [6.07, 6.45) is 0.908. The summed E-state index contributed by atoms with van der Waals surface area (Å²) in [4.78, 5) is 11.9. The van der Waals surface area contributed by atoms with Gasteiger partial charge in [-0.2, -0.15) is 11.8 Å². The molecule has 0 aliphatic carbocycles. The highest BCUT2D eigenvalue weighted by Gasteiger charge is 2.34. The first-order valence-corrected chi connectivity index (χ1v) is 6.98. The normalized spacial score (nSPS) is 23.0. The molecule has 1 N–H and O–H groups in total. The second kappa shape index (κ2) is 5.71. The van der Waals surface area contributed by atoms with Crippen molar-refractivity contribution < 1.29 is 13.9 Å². The summed E-state index contributed by atoms with van der Waals surface area (Å²) in [6.45, 7) is 0.420. The number of carbonyl (C=O) groups excluding carboxylic acids is 1. The van der Waals surface area contributed by atoms with Crippen molar-refractivity contribution in [3.8, 4) is 0 Å². The van der Waals surface area contributed by atoms with Gasteiger partial charge in [-0.3, -0.25) is 4.79 Å². The van der Waals surface area contributed by atoms with E-state index in [-0.39, 0.29) is 17.1 Å². The van der Waals surface area contributed by atoms with Gasteiger partial charge in [-0.05, 0) is 24.3 Å². The van der Waals surface area contributed by atoms with Crippen molar-refractivity contribution >= 4 is 17.7 Å². The second-order valence-corrected chi connectivity index (χ2v) is 5.46. The fraction of sp³-hybridized carbons (Fsp3) is 0.462. The summed E-state index contributed by atoms with van der Waals surface area (Å²) < 4.78 is 18.9. The number of benzene rings is 1. The Labute approximate surface area is 110 Å². The number of ether oxygens (including phenoxy) is 1. The molecule has 2 rings (SSSR count). The Bertz CT molecular complexity index is 433. The summed E-state index contributed by atoms with van der Waals surface area (Å²) in [6, 6.07) is 5.98. The molecule has 1 saturated heterocycles. The molecule has 0 saturated carbocycles. The Morgan fingerprint density at radius 1 is 1.56 bits per heavy atom. The topological polar surface area (TPSA) is 38.3 Å². The Morgan fingerprint density at radius 3 is 2.94 bits per heavy atom. The molecule has 18 heavy (non-hydrogen) atoms. The van der Waals surface area contributed by atoms with E-state index in [0.717, 1.165) is 17.9 Å². The lowest BCUT2D eigenvalue weighted by Gasteiger charge is -2.26. The number of rotatable bonds is 4. The van der Waals surface area contributed by atoms with Crippen LogP contribution >= 0.6 is 11.8 Å². The number of hydrogen-bond donors (Lipinski definition) is 1. The lowest BCUT2D eigenvalue weighted by molar-refractivity contribution is 0.0136. The third-order valence-electron chi connectivity index (χ3n) is 3.19. The van der Waals surface area contributed by atoms with Gasteiger partial charge in [0.05, 0.1) is 11.2 Å². The zero-order chi connectivity index (χ0) is 13.0. The first-order chi connectivity index (χ1) is 8.67. The number of nitrogens with one attached hydrogen (secondary N) is 1. The van der Waals surface area contributed by atoms with Gasteiger partial charge >= 0.3 is 0 Å². The summed E-state index contributed by atoms with van der Waals surface area (Å²) in [5.74, 6) is 1.01. The molecule has 0 spiro atoms. The van der Waals surface area contributed by atoms with Crippen molar-refractivity contribution in [1.29, 1.82) is 0 Å². The monoisotopic (exact) mass is 269 g/mol. The van der Waals surface area contributed by atoms with Gasteiger partial charge in [0.15, 0.2) is 0 Å². The Morgan fingerprint density at radius 2 is 2.33 bits per heavy atom. The summed E-state index contributed by atoms with van der Waals surface area (Å²) in [7, 11) is 1.65. The van der Waals surface area contributed by atoms with Crippen molar-refractivity contribution in [3.63, 3.8) is 0 Å². The van der Waals surface area contributed by atoms with Crippen LogP contribution in [0.1, 0.15) is 16.8 Å². The number of amides is 1. The fourth-order valence-electron chi connectivity index (χ4n) is 1.94. The number of halogens is 1. The van der Waals surface area contributed by atoms with E-state index < -0.39 is 5.82 Å². The van der Waals surface area contributed by atoms with Gasteiger partial charge in [0.1, 0.15) is 5.82 Å². The largest absolute Gasteiger partial charge is 0.376 e. The van der Waals surface area contributed by atoms with E-state index in [1.807, 2.05) is 0 Å². The highest BCUT2D eigenvalue weighted by atomic mass is 32.2. The molecule has 0 bridgehead atoms. The molecule has 1 heterocycles. The van der Waals surface area contributed by atoms with Crippen LogP contribution in [-0.4, -0.2) is 36.7 Å². The highest BCUT2D eigenvalue weighted by Crippen LogP contribution is 2.30. The third-order valence-corrected chi connectivity index (χ3v) is 4.41. The number of carbonyl (C=O) groups is 1. The first kappa shape index (κ1) is 13.4. The van der Waals surface area contributed by atoms with Crippen molar-refractivity contribution in [3.05, 3.63) is 35.6 Å². The molecule has 5 heteroatoms. The number of methoxy groups -OCH3 is 1. The van der Waals surface area contributed by atoms with E-state index in [2.05, 4.69) is 5.32 Å². The molecule has 0 radical (unpaired) electrons. The van der Waals surface area contributed by atoms with Gasteiger partial charge in [0, 0.05) is 19.4 Å². The Kier molecular flexibility index (Phi) is 4.24. The van der Waals surface area contributed by atoms with Crippen molar-refractivity contribution in [2.24, 2.45) is 0 Å².